The fourth-order valence-electron chi connectivity index (χ4n) is 1.29. The van der Waals surface area contributed by atoms with Gasteiger partial charge in [-0.2, -0.15) is 0 Å². The molecule has 16 heavy (non-hydrogen) atoms. The van der Waals surface area contributed by atoms with Gasteiger partial charge in [0, 0.05) is 13.7 Å². The van der Waals surface area contributed by atoms with E-state index >= 15 is 0 Å². The molecule has 0 spiro atoms. The second-order valence-electron chi connectivity index (χ2n) is 3.01. The molecule has 5 nitrogen and oxygen atoms in total. The van der Waals surface area contributed by atoms with E-state index in [0.29, 0.717) is 5.56 Å². The van der Waals surface area contributed by atoms with Gasteiger partial charge in [-0.25, -0.2) is 4.39 Å². The summed E-state index contributed by atoms with van der Waals surface area (Å²) in [6.07, 6.45) is 0. The molecular weight excluding hydrogens is 234 g/mol. The van der Waals surface area contributed by atoms with Crippen molar-refractivity contribution < 1.29 is 18.3 Å². The van der Waals surface area contributed by atoms with Gasteiger partial charge in [0.1, 0.15) is 5.82 Å². The molecule has 1 unspecified atom stereocenters. The number of hydrogen-bond donors (Lipinski definition) is 2. The molecule has 0 saturated carbocycles. The number of benzene rings is 1. The number of nitrogens with two attached hydrogens (primary N) is 1. The first-order chi connectivity index (χ1) is 7.57. The lowest BCUT2D eigenvalue weighted by molar-refractivity contribution is 0.139. The third kappa shape index (κ3) is 2.66. The molecule has 0 amide bonds. The van der Waals surface area contributed by atoms with Crippen LogP contribution in [0.25, 0.3) is 0 Å². The predicted molar refractivity (Wildman–Crippen MR) is 58.7 cm³/mol. The number of halogens is 1. The van der Waals surface area contributed by atoms with Gasteiger partial charge in [0.05, 0.1) is 12.4 Å². The minimum absolute atomic E-state index is 0.133. The summed E-state index contributed by atoms with van der Waals surface area (Å²) >= 11 is 0. The molecule has 0 saturated heterocycles. The summed E-state index contributed by atoms with van der Waals surface area (Å²) in [7, 11) is -0.879. The van der Waals surface area contributed by atoms with Gasteiger partial charge in [-0.3, -0.25) is 9.40 Å². The average molecular weight is 248 g/mol. The maximum Gasteiger partial charge on any atom is 0.322 e. The molecule has 1 aromatic rings. The molecule has 0 aliphatic rings. The van der Waals surface area contributed by atoms with Crippen molar-refractivity contribution in [2.45, 2.75) is 6.54 Å². The standard InChI is InChI=1S/C9H14FN2O3P/c1-14-12-16(13,15-2)9-5-8(10)4-3-7(9)6-11/h3-5H,6,11H2,1-2H3,(H,12,13). The Bertz CT molecular complexity index is 414. The second-order valence-corrected chi connectivity index (χ2v) is 5.14. The number of nitrogens with one attached hydrogen (secondary N) is 1. The van der Waals surface area contributed by atoms with Gasteiger partial charge in [0.2, 0.25) is 0 Å². The van der Waals surface area contributed by atoms with Crippen LogP contribution in [0.3, 0.4) is 0 Å². The minimum Gasteiger partial charge on any atom is -0.326 e. The van der Waals surface area contributed by atoms with Crippen molar-refractivity contribution in [3.05, 3.63) is 29.6 Å². The predicted octanol–water partition coefficient (Wildman–Crippen LogP) is 0.900. The smallest absolute Gasteiger partial charge is 0.322 e. The van der Waals surface area contributed by atoms with E-state index in [1.54, 1.807) is 0 Å². The Hall–Kier alpha value is -0.780. The molecule has 3 N–H and O–H groups in total. The molecular formula is C9H14FN2O3P. The first-order valence-electron chi connectivity index (χ1n) is 4.52. The summed E-state index contributed by atoms with van der Waals surface area (Å²) in [4.78, 5) is 4.59. The van der Waals surface area contributed by atoms with E-state index in [-0.39, 0.29) is 11.8 Å². The van der Waals surface area contributed by atoms with Crippen LogP contribution in [0.2, 0.25) is 0 Å². The molecule has 0 heterocycles. The minimum atomic E-state index is -3.43. The Kier molecular flexibility index (Phi) is 4.58. The number of rotatable bonds is 5. The summed E-state index contributed by atoms with van der Waals surface area (Å²) in [5.74, 6) is -0.512. The van der Waals surface area contributed by atoms with E-state index in [0.717, 1.165) is 6.07 Å². The van der Waals surface area contributed by atoms with E-state index in [4.69, 9.17) is 10.3 Å². The Morgan fingerprint density at radius 2 is 2.19 bits per heavy atom. The maximum atomic E-state index is 13.1. The van der Waals surface area contributed by atoms with Crippen LogP contribution >= 0.6 is 7.52 Å². The first kappa shape index (κ1) is 13.3. The van der Waals surface area contributed by atoms with Gasteiger partial charge in [-0.15, -0.1) is 5.25 Å². The van der Waals surface area contributed by atoms with Crippen molar-refractivity contribution in [3.8, 4) is 0 Å². The molecule has 1 aromatic carbocycles. The van der Waals surface area contributed by atoms with Crippen LogP contribution in [-0.4, -0.2) is 14.2 Å². The second kappa shape index (κ2) is 5.52. The van der Waals surface area contributed by atoms with Crippen LogP contribution in [0, 0.1) is 5.82 Å². The molecule has 0 aliphatic heterocycles. The van der Waals surface area contributed by atoms with Crippen molar-refractivity contribution in [2.24, 2.45) is 5.73 Å². The summed E-state index contributed by atoms with van der Waals surface area (Å²) in [5.41, 5.74) is 6.02. The lowest BCUT2D eigenvalue weighted by Gasteiger charge is -2.18. The van der Waals surface area contributed by atoms with E-state index in [9.17, 15) is 8.96 Å². The van der Waals surface area contributed by atoms with Crippen LogP contribution in [0.4, 0.5) is 4.39 Å². The largest absolute Gasteiger partial charge is 0.326 e. The molecule has 90 valence electrons. The average Bonchev–Trinajstić information content (AvgIpc) is 2.29. The van der Waals surface area contributed by atoms with Crippen LogP contribution in [0.5, 0.6) is 0 Å². The highest BCUT2D eigenvalue weighted by Crippen LogP contribution is 2.41. The van der Waals surface area contributed by atoms with Crippen LogP contribution < -0.4 is 16.3 Å². The van der Waals surface area contributed by atoms with Crippen LogP contribution in [0.1, 0.15) is 5.56 Å². The SMILES string of the molecule is CONP(=O)(OC)c1cc(F)ccc1CN. The quantitative estimate of drug-likeness (QED) is 0.598. The summed E-state index contributed by atoms with van der Waals surface area (Å²) in [6, 6.07) is 3.84. The fourth-order valence-corrected chi connectivity index (χ4v) is 2.74. The third-order valence-electron chi connectivity index (χ3n) is 2.05. The zero-order valence-corrected chi connectivity index (χ0v) is 9.96. The highest BCUT2D eigenvalue weighted by molar-refractivity contribution is 7.64. The zero-order valence-electron chi connectivity index (χ0n) is 9.07. The van der Waals surface area contributed by atoms with Crippen molar-refractivity contribution in [1.82, 2.24) is 5.25 Å². The van der Waals surface area contributed by atoms with E-state index in [2.05, 4.69) is 10.1 Å². The Labute approximate surface area is 93.2 Å². The molecule has 1 rings (SSSR count). The lowest BCUT2D eigenvalue weighted by atomic mass is 10.2. The molecule has 1 atom stereocenters. The van der Waals surface area contributed by atoms with E-state index in [1.807, 2.05) is 0 Å². The Morgan fingerprint density at radius 1 is 1.50 bits per heavy atom. The van der Waals surface area contributed by atoms with Crippen LogP contribution in [0.15, 0.2) is 18.2 Å². The first-order valence-corrected chi connectivity index (χ1v) is 6.15. The van der Waals surface area contributed by atoms with Gasteiger partial charge >= 0.3 is 7.52 Å². The van der Waals surface area contributed by atoms with Crippen molar-refractivity contribution in [3.63, 3.8) is 0 Å². The fraction of sp³-hybridized carbons (Fsp3) is 0.333. The molecule has 0 aliphatic carbocycles. The highest BCUT2D eigenvalue weighted by Gasteiger charge is 2.27. The topological polar surface area (TPSA) is 73.6 Å². The van der Waals surface area contributed by atoms with Gasteiger partial charge in [0.15, 0.2) is 0 Å². The van der Waals surface area contributed by atoms with Gasteiger partial charge < -0.3 is 10.3 Å². The number of hydrogen-bond acceptors (Lipinski definition) is 4. The van der Waals surface area contributed by atoms with Gasteiger partial charge in [-0.1, -0.05) is 6.07 Å². The van der Waals surface area contributed by atoms with Crippen molar-refractivity contribution in [2.75, 3.05) is 14.2 Å². The van der Waals surface area contributed by atoms with Crippen molar-refractivity contribution in [1.29, 1.82) is 0 Å². The molecule has 0 aromatic heterocycles. The van der Waals surface area contributed by atoms with Crippen LogP contribution in [-0.2, 0) is 20.5 Å². The van der Waals surface area contributed by atoms with E-state index in [1.165, 1.54) is 26.4 Å². The molecule has 0 radical (unpaired) electrons. The highest BCUT2D eigenvalue weighted by atomic mass is 31.2. The van der Waals surface area contributed by atoms with Crippen molar-refractivity contribution >= 4 is 12.8 Å². The summed E-state index contributed by atoms with van der Waals surface area (Å²) < 4.78 is 30.2. The third-order valence-corrected chi connectivity index (χ3v) is 4.04. The maximum absolute atomic E-state index is 13.1. The molecule has 0 fully saturated rings. The van der Waals surface area contributed by atoms with Gasteiger partial charge in [0.25, 0.3) is 0 Å². The zero-order chi connectivity index (χ0) is 12.2. The molecule has 7 heteroatoms. The normalized spacial score (nSPS) is 14.8. The monoisotopic (exact) mass is 248 g/mol. The lowest BCUT2D eigenvalue weighted by Crippen LogP contribution is -2.24. The Balaban J connectivity index is 3.27. The molecule has 0 bridgehead atoms. The Morgan fingerprint density at radius 3 is 2.69 bits per heavy atom. The summed E-state index contributed by atoms with van der Waals surface area (Å²) in [5, 5.41) is 2.42. The van der Waals surface area contributed by atoms with E-state index < -0.39 is 13.3 Å². The van der Waals surface area contributed by atoms with Gasteiger partial charge in [-0.05, 0) is 17.7 Å². The summed E-state index contributed by atoms with van der Waals surface area (Å²) in [6.45, 7) is 0.133.